The summed E-state index contributed by atoms with van der Waals surface area (Å²) in [4.78, 5) is 20.1. The van der Waals surface area contributed by atoms with E-state index in [1.54, 1.807) is 0 Å². The molecule has 0 fully saturated rings. The molecule has 0 spiro atoms. The number of nitrogen functional groups attached to an aromatic ring is 1. The Labute approximate surface area is 109 Å². The number of benzene rings is 1. The first-order chi connectivity index (χ1) is 8.74. The van der Waals surface area contributed by atoms with Crippen molar-refractivity contribution in [3.63, 3.8) is 0 Å². The number of amides is 1. The van der Waals surface area contributed by atoms with E-state index in [0.29, 0.717) is 0 Å². The molecule has 0 aromatic heterocycles. The largest absolute Gasteiger partial charge is 0.398 e. The molecule has 0 radical (unpaired) electrons. The number of hydrogen-bond donors (Lipinski definition) is 2. The number of carbonyl (C=O) groups is 1. The van der Waals surface area contributed by atoms with E-state index < -0.39 is 20.7 Å². The lowest BCUT2D eigenvalue weighted by molar-refractivity contribution is -0.385. The lowest BCUT2D eigenvalue weighted by atomic mass is 10.3. The normalized spacial score (nSPS) is 11.2. The average molecular weight is 287 g/mol. The van der Waals surface area contributed by atoms with Crippen LogP contribution >= 0.6 is 0 Å². The van der Waals surface area contributed by atoms with Gasteiger partial charge in [0.15, 0.2) is 9.84 Å². The van der Waals surface area contributed by atoms with E-state index in [1.165, 1.54) is 6.07 Å². The highest BCUT2D eigenvalue weighted by molar-refractivity contribution is 7.91. The Bertz CT molecular complexity index is 612. The number of nitrogens with two attached hydrogens (primary N) is 2. The van der Waals surface area contributed by atoms with Gasteiger partial charge in [-0.2, -0.15) is 0 Å². The quantitative estimate of drug-likeness (QED) is 0.434. The van der Waals surface area contributed by atoms with E-state index in [0.717, 1.165) is 12.1 Å². The van der Waals surface area contributed by atoms with E-state index in [2.05, 4.69) is 0 Å². The van der Waals surface area contributed by atoms with E-state index in [1.807, 2.05) is 0 Å². The van der Waals surface area contributed by atoms with Gasteiger partial charge in [-0.3, -0.25) is 14.9 Å². The van der Waals surface area contributed by atoms with Gasteiger partial charge in [0.25, 0.3) is 5.69 Å². The number of hydrogen-bond acceptors (Lipinski definition) is 6. The number of non-ortho nitro benzene ring substituents is 1. The molecule has 0 saturated heterocycles. The van der Waals surface area contributed by atoms with Crippen LogP contribution in [0.15, 0.2) is 23.1 Å². The van der Waals surface area contributed by atoms with Crippen molar-refractivity contribution < 1.29 is 18.1 Å². The smallest absolute Gasteiger partial charge is 0.270 e. The van der Waals surface area contributed by atoms with Crippen molar-refractivity contribution in [2.75, 3.05) is 11.5 Å². The van der Waals surface area contributed by atoms with Crippen LogP contribution < -0.4 is 11.5 Å². The number of primary amides is 1. The van der Waals surface area contributed by atoms with Gasteiger partial charge in [0.2, 0.25) is 5.91 Å². The Hall–Kier alpha value is -2.16. The zero-order valence-corrected chi connectivity index (χ0v) is 10.7. The number of rotatable bonds is 6. The Morgan fingerprint density at radius 3 is 2.53 bits per heavy atom. The fourth-order valence-corrected chi connectivity index (χ4v) is 2.92. The van der Waals surface area contributed by atoms with Gasteiger partial charge in [0.1, 0.15) is 0 Å². The minimum atomic E-state index is -3.78. The summed E-state index contributed by atoms with van der Waals surface area (Å²) in [5, 5.41) is 10.6. The molecule has 0 aliphatic heterocycles. The first kappa shape index (κ1) is 14.9. The van der Waals surface area contributed by atoms with Gasteiger partial charge in [-0.15, -0.1) is 0 Å². The maximum atomic E-state index is 12.0. The van der Waals surface area contributed by atoms with Crippen LogP contribution in [-0.2, 0) is 14.6 Å². The van der Waals surface area contributed by atoms with Crippen molar-refractivity contribution in [2.24, 2.45) is 5.73 Å². The summed E-state index contributed by atoms with van der Waals surface area (Å²) < 4.78 is 23.9. The van der Waals surface area contributed by atoms with Crippen LogP contribution in [0, 0.1) is 10.1 Å². The third-order valence-electron chi connectivity index (χ3n) is 2.38. The van der Waals surface area contributed by atoms with E-state index in [-0.39, 0.29) is 34.9 Å². The zero-order valence-electron chi connectivity index (χ0n) is 9.90. The number of sulfone groups is 1. The molecule has 0 heterocycles. The molecule has 1 aromatic rings. The zero-order chi connectivity index (χ0) is 14.6. The van der Waals surface area contributed by atoms with Crippen molar-refractivity contribution in [2.45, 2.75) is 17.7 Å². The lowest BCUT2D eigenvalue weighted by Crippen LogP contribution is -2.14. The van der Waals surface area contributed by atoms with Gasteiger partial charge in [-0.25, -0.2) is 8.42 Å². The summed E-state index contributed by atoms with van der Waals surface area (Å²) in [5.74, 6) is -0.955. The van der Waals surface area contributed by atoms with Crippen LogP contribution in [0.5, 0.6) is 0 Å². The molecule has 0 aliphatic rings. The van der Waals surface area contributed by atoms with Gasteiger partial charge in [0, 0.05) is 18.6 Å². The summed E-state index contributed by atoms with van der Waals surface area (Å²) in [6.07, 6.45) is -0.0339. The minimum absolute atomic E-state index is 0.0415. The monoisotopic (exact) mass is 287 g/mol. The third-order valence-corrected chi connectivity index (χ3v) is 4.23. The van der Waals surface area contributed by atoms with Crippen molar-refractivity contribution in [3.05, 3.63) is 28.3 Å². The van der Waals surface area contributed by atoms with Gasteiger partial charge >= 0.3 is 0 Å². The number of anilines is 1. The topological polar surface area (TPSA) is 146 Å². The highest BCUT2D eigenvalue weighted by Gasteiger charge is 2.21. The second-order valence-electron chi connectivity index (χ2n) is 3.87. The van der Waals surface area contributed by atoms with Crippen LogP contribution in [0.3, 0.4) is 0 Å². The highest BCUT2D eigenvalue weighted by Crippen LogP contribution is 2.25. The molecule has 4 N–H and O–H groups in total. The molecular formula is C10H13N3O5S. The summed E-state index contributed by atoms with van der Waals surface area (Å²) in [7, 11) is -3.78. The maximum absolute atomic E-state index is 12.0. The number of nitrogens with zero attached hydrogens (tertiary/aromatic N) is 1. The minimum Gasteiger partial charge on any atom is -0.398 e. The van der Waals surface area contributed by atoms with Gasteiger partial charge in [0.05, 0.1) is 21.3 Å². The van der Waals surface area contributed by atoms with Crippen LogP contribution in [-0.4, -0.2) is 25.0 Å². The molecule has 0 bridgehead atoms. The summed E-state index contributed by atoms with van der Waals surface area (Å²) in [6.45, 7) is 0. The Morgan fingerprint density at radius 2 is 2.00 bits per heavy atom. The molecule has 104 valence electrons. The fourth-order valence-electron chi connectivity index (χ4n) is 1.45. The number of nitro benzene ring substituents is 1. The van der Waals surface area contributed by atoms with Gasteiger partial charge in [-0.1, -0.05) is 0 Å². The predicted octanol–water partition coefficient (Wildman–Crippen LogP) is 0.216. The van der Waals surface area contributed by atoms with Crippen molar-refractivity contribution in [3.8, 4) is 0 Å². The van der Waals surface area contributed by atoms with Gasteiger partial charge in [-0.05, 0) is 12.5 Å². The fraction of sp³-hybridized carbons (Fsp3) is 0.300. The molecule has 9 heteroatoms. The maximum Gasteiger partial charge on any atom is 0.270 e. The molecule has 8 nitrogen and oxygen atoms in total. The van der Waals surface area contributed by atoms with E-state index in [9.17, 15) is 23.3 Å². The average Bonchev–Trinajstić information content (AvgIpc) is 2.28. The Kier molecular flexibility index (Phi) is 4.43. The van der Waals surface area contributed by atoms with Crippen LogP contribution in [0.2, 0.25) is 0 Å². The van der Waals surface area contributed by atoms with Gasteiger partial charge < -0.3 is 11.5 Å². The molecule has 1 rings (SSSR count). The van der Waals surface area contributed by atoms with Crippen LogP contribution in [0.25, 0.3) is 0 Å². The molecular weight excluding hydrogens is 274 g/mol. The molecule has 0 unspecified atom stereocenters. The Balaban J connectivity index is 3.03. The first-order valence-electron chi connectivity index (χ1n) is 5.29. The second kappa shape index (κ2) is 5.65. The molecule has 1 amide bonds. The summed E-state index contributed by atoms with van der Waals surface area (Å²) >= 11 is 0. The summed E-state index contributed by atoms with van der Waals surface area (Å²) in [6, 6.07) is 3.20. The Morgan fingerprint density at radius 1 is 1.37 bits per heavy atom. The standard InChI is InChI=1S/C10H13N3O5S/c11-8-4-3-7(13(15)16)6-9(8)19(17,18)5-1-2-10(12)14/h3-4,6H,1-2,5,11H2,(H2,12,14). The molecule has 19 heavy (non-hydrogen) atoms. The van der Waals surface area contributed by atoms with Crippen molar-refractivity contribution in [1.82, 2.24) is 0 Å². The highest BCUT2D eigenvalue weighted by atomic mass is 32.2. The number of carbonyl (C=O) groups excluding carboxylic acids is 1. The van der Waals surface area contributed by atoms with Crippen LogP contribution in [0.4, 0.5) is 11.4 Å². The first-order valence-corrected chi connectivity index (χ1v) is 6.94. The lowest BCUT2D eigenvalue weighted by Gasteiger charge is -2.06. The van der Waals surface area contributed by atoms with Crippen molar-refractivity contribution >= 4 is 27.1 Å². The molecule has 0 aliphatic carbocycles. The number of nitro groups is 1. The van der Waals surface area contributed by atoms with E-state index in [4.69, 9.17) is 11.5 Å². The van der Waals surface area contributed by atoms with Crippen molar-refractivity contribution in [1.29, 1.82) is 0 Å². The molecule has 0 saturated carbocycles. The van der Waals surface area contributed by atoms with Crippen LogP contribution in [0.1, 0.15) is 12.8 Å². The molecule has 1 aromatic carbocycles. The SMILES string of the molecule is NC(=O)CCCS(=O)(=O)c1cc([N+](=O)[O-])ccc1N. The summed E-state index contributed by atoms with van der Waals surface area (Å²) in [5.41, 5.74) is 10.00. The third kappa shape index (κ3) is 3.91. The van der Waals surface area contributed by atoms with E-state index >= 15 is 0 Å². The predicted molar refractivity (Wildman–Crippen MR) is 68.0 cm³/mol. The molecule has 0 atom stereocenters. The second-order valence-corrected chi connectivity index (χ2v) is 5.95.